The summed E-state index contributed by atoms with van der Waals surface area (Å²) in [6.07, 6.45) is -9.02. The lowest BCUT2D eigenvalue weighted by Crippen LogP contribution is -2.48. The van der Waals surface area contributed by atoms with Gasteiger partial charge in [-0.3, -0.25) is 0 Å². The molecule has 0 aliphatic carbocycles. The number of allylic oxidation sites excluding steroid dienone is 2. The van der Waals surface area contributed by atoms with Gasteiger partial charge >= 0.3 is 31.5 Å². The number of hydrogen-bond acceptors (Lipinski definition) is 3. The van der Waals surface area contributed by atoms with Gasteiger partial charge in [0.25, 0.3) is 0 Å². The second-order valence-electron chi connectivity index (χ2n) is 15.9. The molecule has 0 radical (unpaired) electrons. The average molecular weight is 869 g/mol. The maximum Gasteiger partial charge on any atom is 0.598 e. The van der Waals surface area contributed by atoms with Crippen LogP contribution in [0.15, 0.2) is 95.6 Å². The highest BCUT2D eigenvalue weighted by Crippen LogP contribution is 2.43. The maximum absolute atomic E-state index is 14.7. The molecule has 0 amide bonds. The fraction of sp³-hybridized carbons (Fsp3) is 0.298. The van der Waals surface area contributed by atoms with Crippen molar-refractivity contribution in [2.75, 3.05) is 13.2 Å². The van der Waals surface area contributed by atoms with Crippen LogP contribution in [0.1, 0.15) is 61.3 Å². The highest BCUT2D eigenvalue weighted by Gasteiger charge is 2.60. The number of alkyl halides is 10. The summed E-state index contributed by atoms with van der Waals surface area (Å²) in [6, 6.07) is 23.1. The summed E-state index contributed by atoms with van der Waals surface area (Å²) in [5.74, 6) is -11.1. The molecule has 5 aromatic rings. The first-order valence-corrected chi connectivity index (χ1v) is 19.5. The molecule has 1 aromatic heterocycles. The van der Waals surface area contributed by atoms with E-state index in [4.69, 9.17) is 14.3 Å². The first-order valence-electron chi connectivity index (χ1n) is 19.5. The molecule has 1 aliphatic heterocycles. The van der Waals surface area contributed by atoms with E-state index in [1.54, 1.807) is 44.2 Å². The van der Waals surface area contributed by atoms with Crippen molar-refractivity contribution in [2.24, 2.45) is 4.99 Å². The molecule has 15 heteroatoms. The Kier molecular flexibility index (Phi) is 12.7. The highest BCUT2D eigenvalue weighted by molar-refractivity contribution is 6.44. The van der Waals surface area contributed by atoms with Crippen molar-refractivity contribution < 1.29 is 53.2 Å². The minimum Gasteiger partial charge on any atom is -0.385 e. The zero-order valence-electron chi connectivity index (χ0n) is 35.1. The van der Waals surface area contributed by atoms with Crippen molar-refractivity contribution >= 4 is 24.6 Å². The van der Waals surface area contributed by atoms with Gasteiger partial charge in [-0.05, 0) is 124 Å². The zero-order valence-corrected chi connectivity index (χ0v) is 35.1. The zero-order chi connectivity index (χ0) is 45.7. The fourth-order valence-corrected chi connectivity index (χ4v) is 7.05. The minimum atomic E-state index is -6.18. The normalized spacial score (nSPS) is 14.5. The van der Waals surface area contributed by atoms with Gasteiger partial charge in [0.1, 0.15) is 13.2 Å². The number of aromatic nitrogens is 1. The van der Waals surface area contributed by atoms with Crippen LogP contribution in [0.5, 0.6) is 0 Å². The van der Waals surface area contributed by atoms with E-state index in [-0.39, 0.29) is 22.6 Å². The lowest BCUT2D eigenvalue weighted by atomic mass is 9.92. The quantitative estimate of drug-likeness (QED) is 0.0925. The highest BCUT2D eigenvalue weighted by atomic mass is 19.4. The topological polar surface area (TPSA) is 35.8 Å². The Balaban J connectivity index is 1.73. The molecule has 2 heterocycles. The second kappa shape index (κ2) is 17.0. The number of aliphatic imine (C=N–C) groups is 1. The Bertz CT molecular complexity index is 2550. The van der Waals surface area contributed by atoms with Gasteiger partial charge in [0.15, 0.2) is 0 Å². The molecular formula is C47H43BF10N2O2. The Morgan fingerprint density at radius 2 is 0.968 bits per heavy atom. The van der Waals surface area contributed by atoms with Crippen LogP contribution in [0.2, 0.25) is 0 Å². The molecule has 0 fully saturated rings. The lowest BCUT2D eigenvalue weighted by Gasteiger charge is -2.26. The van der Waals surface area contributed by atoms with E-state index < -0.39 is 44.7 Å². The van der Waals surface area contributed by atoms with Crippen LogP contribution in [0, 0.1) is 55.4 Å². The lowest BCUT2D eigenvalue weighted by molar-refractivity contribution is -0.295. The molecule has 1 aliphatic rings. The standard InChI is InChI=1S/C47H43BF10N2O2/c1-26-9-13-34(14-10-26)40-21-38(36-19-30(5)28(3)17-32(36)7)41(59-40)23-43-39(37-20-31(6)29(4)18-33(37)8)22-42(35-15-11-27(2)12-16-35)60(43)48(61-24-44(49,50)46(53,54)55)62-25-45(51,52)47(56,57)58/h9-23H,24-25H2,1-8H3/b41-23-. The van der Waals surface area contributed by atoms with Crippen molar-refractivity contribution in [1.82, 2.24) is 4.48 Å². The predicted molar refractivity (Wildman–Crippen MR) is 224 cm³/mol. The van der Waals surface area contributed by atoms with Crippen LogP contribution in [-0.2, 0) is 9.31 Å². The van der Waals surface area contributed by atoms with Crippen LogP contribution in [0.25, 0.3) is 34.0 Å². The molecule has 4 nitrogen and oxygen atoms in total. The number of nitrogens with zero attached hydrogens (tertiary/aromatic N) is 2. The van der Waals surface area contributed by atoms with Gasteiger partial charge in [-0.25, -0.2) is 4.99 Å². The van der Waals surface area contributed by atoms with E-state index in [2.05, 4.69) is 0 Å². The maximum atomic E-state index is 14.7. The Hall–Kier alpha value is -5.41. The van der Waals surface area contributed by atoms with Crippen LogP contribution < -0.4 is 0 Å². The van der Waals surface area contributed by atoms with Gasteiger partial charge < -0.3 is 13.8 Å². The summed E-state index contributed by atoms with van der Waals surface area (Å²) >= 11 is 0. The fourth-order valence-electron chi connectivity index (χ4n) is 7.05. The molecule has 0 unspecified atom stereocenters. The number of hydrogen-bond donors (Lipinski definition) is 0. The molecule has 6 rings (SSSR count). The molecule has 0 N–H and O–H groups in total. The summed E-state index contributed by atoms with van der Waals surface area (Å²) in [4.78, 5) is 5.00. The predicted octanol–water partition coefficient (Wildman–Crippen LogP) is 13.5. The summed E-state index contributed by atoms with van der Waals surface area (Å²) in [7, 11) is -2.71. The van der Waals surface area contributed by atoms with Gasteiger partial charge in [-0.1, -0.05) is 83.9 Å². The smallest absolute Gasteiger partial charge is 0.385 e. The molecule has 62 heavy (non-hydrogen) atoms. The van der Waals surface area contributed by atoms with E-state index in [9.17, 15) is 43.9 Å². The van der Waals surface area contributed by atoms with Gasteiger partial charge in [-0.2, -0.15) is 43.9 Å². The monoisotopic (exact) mass is 868 g/mol. The third kappa shape index (κ3) is 9.48. The third-order valence-electron chi connectivity index (χ3n) is 11.0. The number of rotatable bonds is 12. The van der Waals surface area contributed by atoms with Crippen molar-refractivity contribution in [3.05, 3.63) is 152 Å². The van der Waals surface area contributed by atoms with E-state index in [0.717, 1.165) is 49.0 Å². The van der Waals surface area contributed by atoms with Crippen molar-refractivity contribution in [1.29, 1.82) is 0 Å². The summed E-state index contributed by atoms with van der Waals surface area (Å²) in [6.45, 7) is 9.97. The Morgan fingerprint density at radius 1 is 0.532 bits per heavy atom. The van der Waals surface area contributed by atoms with Crippen LogP contribution in [0.4, 0.5) is 43.9 Å². The average Bonchev–Trinajstić information content (AvgIpc) is 3.76. The summed E-state index contributed by atoms with van der Waals surface area (Å²) in [5, 5.41) is 0. The second-order valence-corrected chi connectivity index (χ2v) is 15.9. The number of aryl methyl sites for hydroxylation is 8. The number of benzene rings is 4. The Morgan fingerprint density at radius 3 is 1.45 bits per heavy atom. The van der Waals surface area contributed by atoms with Crippen molar-refractivity contribution in [3.8, 4) is 22.4 Å². The third-order valence-corrected chi connectivity index (χ3v) is 11.0. The van der Waals surface area contributed by atoms with E-state index in [1.165, 1.54) is 6.08 Å². The van der Waals surface area contributed by atoms with Crippen LogP contribution in [-0.4, -0.2) is 54.9 Å². The summed E-state index contributed by atoms with van der Waals surface area (Å²) in [5.41, 5.74) is 10.7. The SMILES string of the molecule is Cc1ccc(C2=N/C(=C\c3c(-c4cc(C)c(C)cc4C)cc(-c4ccc(C)cc4)n3B(OCC(F)(F)C(F)(F)F)OCC(F)(F)C(F)(F)F)C(c3cc(C)c(C)cc3C)=C2)cc1. The first-order chi connectivity index (χ1) is 28.8. The van der Waals surface area contributed by atoms with Gasteiger partial charge in [-0.15, -0.1) is 0 Å². The van der Waals surface area contributed by atoms with E-state index >= 15 is 0 Å². The minimum absolute atomic E-state index is 0.0197. The molecule has 0 saturated carbocycles. The molecule has 0 bridgehead atoms. The molecule has 0 atom stereocenters. The van der Waals surface area contributed by atoms with Crippen LogP contribution in [0.3, 0.4) is 0 Å². The molecule has 0 spiro atoms. The Labute approximate surface area is 353 Å². The summed E-state index contributed by atoms with van der Waals surface area (Å²) < 4.78 is 151. The van der Waals surface area contributed by atoms with Crippen LogP contribution >= 0.6 is 0 Å². The molecule has 4 aromatic carbocycles. The van der Waals surface area contributed by atoms with Gasteiger partial charge in [0, 0.05) is 28.1 Å². The largest absolute Gasteiger partial charge is 0.598 e. The molecule has 0 saturated heterocycles. The van der Waals surface area contributed by atoms with E-state index in [1.807, 2.05) is 96.1 Å². The van der Waals surface area contributed by atoms with Crippen molar-refractivity contribution in [3.63, 3.8) is 0 Å². The molecular weight excluding hydrogens is 825 g/mol. The van der Waals surface area contributed by atoms with Crippen molar-refractivity contribution in [2.45, 2.75) is 79.6 Å². The van der Waals surface area contributed by atoms with Gasteiger partial charge in [0.05, 0.1) is 11.4 Å². The number of halogens is 10. The first kappa shape index (κ1) is 46.1. The van der Waals surface area contributed by atoms with E-state index in [0.29, 0.717) is 33.5 Å². The van der Waals surface area contributed by atoms with Gasteiger partial charge in [0.2, 0.25) is 0 Å². The molecule has 326 valence electrons.